The summed E-state index contributed by atoms with van der Waals surface area (Å²) in [5, 5.41) is 0. The fraction of sp³-hybridized carbons (Fsp3) is 0.154. The second-order valence-electron chi connectivity index (χ2n) is 6.91. The van der Waals surface area contributed by atoms with Crippen LogP contribution in [0.1, 0.15) is 22.8 Å². The third-order valence-electron chi connectivity index (χ3n) is 4.47. The molecule has 0 heterocycles. The highest BCUT2D eigenvalue weighted by Crippen LogP contribution is 2.29. The average molecular weight is 464 g/mol. The Morgan fingerprint density at radius 1 is 0.853 bits per heavy atom. The SMILES string of the molecule is CCOc1cc(/C=C/C(=O)NNC(=O)c2ccccc2F)ccc1OCCOc1ccccc1. The van der Waals surface area contributed by atoms with Gasteiger partial charge in [0, 0.05) is 6.08 Å². The monoisotopic (exact) mass is 464 g/mol. The molecule has 3 rings (SSSR count). The number of amides is 2. The number of nitrogens with one attached hydrogen (secondary N) is 2. The van der Waals surface area contributed by atoms with Gasteiger partial charge < -0.3 is 14.2 Å². The molecule has 8 heteroatoms. The van der Waals surface area contributed by atoms with Crippen LogP contribution in [0.4, 0.5) is 4.39 Å². The topological polar surface area (TPSA) is 85.9 Å². The normalized spacial score (nSPS) is 10.5. The molecule has 3 aromatic rings. The van der Waals surface area contributed by atoms with Crippen LogP contribution in [0.2, 0.25) is 0 Å². The number of ether oxygens (including phenoxy) is 3. The molecule has 34 heavy (non-hydrogen) atoms. The lowest BCUT2D eigenvalue weighted by Gasteiger charge is -2.13. The highest BCUT2D eigenvalue weighted by molar-refractivity contribution is 5.98. The van der Waals surface area contributed by atoms with Crippen LogP contribution in [-0.4, -0.2) is 31.6 Å². The summed E-state index contributed by atoms with van der Waals surface area (Å²) in [4.78, 5) is 24.0. The number of benzene rings is 3. The Hall–Kier alpha value is -4.33. The molecule has 0 aliphatic carbocycles. The average Bonchev–Trinajstić information content (AvgIpc) is 2.86. The summed E-state index contributed by atoms with van der Waals surface area (Å²) >= 11 is 0. The molecule has 0 radical (unpaired) electrons. The fourth-order valence-corrected chi connectivity index (χ4v) is 2.89. The van der Waals surface area contributed by atoms with E-state index < -0.39 is 17.6 Å². The minimum atomic E-state index is -0.753. The molecule has 0 bridgehead atoms. The van der Waals surface area contributed by atoms with Crippen LogP contribution in [0, 0.1) is 5.82 Å². The maximum Gasteiger partial charge on any atom is 0.272 e. The van der Waals surface area contributed by atoms with Gasteiger partial charge in [0.1, 0.15) is 24.8 Å². The molecule has 3 aromatic carbocycles. The molecular weight excluding hydrogens is 439 g/mol. The first-order valence-corrected chi connectivity index (χ1v) is 10.7. The quantitative estimate of drug-likeness (QED) is 0.267. The number of hydrazine groups is 1. The summed E-state index contributed by atoms with van der Waals surface area (Å²) in [5.74, 6) is -0.172. The largest absolute Gasteiger partial charge is 0.490 e. The van der Waals surface area contributed by atoms with Crippen molar-refractivity contribution in [3.63, 3.8) is 0 Å². The molecule has 7 nitrogen and oxygen atoms in total. The molecule has 0 saturated heterocycles. The van der Waals surface area contributed by atoms with Crippen molar-refractivity contribution < 1.29 is 28.2 Å². The van der Waals surface area contributed by atoms with Crippen molar-refractivity contribution in [2.24, 2.45) is 0 Å². The van der Waals surface area contributed by atoms with E-state index in [2.05, 4.69) is 10.9 Å². The maximum absolute atomic E-state index is 13.6. The van der Waals surface area contributed by atoms with Crippen LogP contribution in [0.3, 0.4) is 0 Å². The Labute approximate surface area is 197 Å². The number of halogens is 1. The number of rotatable bonds is 10. The summed E-state index contributed by atoms with van der Waals surface area (Å²) in [6, 6.07) is 20.2. The Morgan fingerprint density at radius 3 is 2.35 bits per heavy atom. The van der Waals surface area contributed by atoms with Gasteiger partial charge >= 0.3 is 0 Å². The van der Waals surface area contributed by atoms with E-state index in [1.807, 2.05) is 37.3 Å². The lowest BCUT2D eigenvalue weighted by Crippen LogP contribution is -2.41. The summed E-state index contributed by atoms with van der Waals surface area (Å²) in [7, 11) is 0. The molecule has 2 N–H and O–H groups in total. The van der Waals surface area contributed by atoms with Gasteiger partial charge in [0.25, 0.3) is 11.8 Å². The van der Waals surface area contributed by atoms with Crippen molar-refractivity contribution in [3.8, 4) is 17.2 Å². The van der Waals surface area contributed by atoms with E-state index in [4.69, 9.17) is 14.2 Å². The molecule has 0 aromatic heterocycles. The number of carbonyl (C=O) groups is 2. The van der Waals surface area contributed by atoms with Crippen molar-refractivity contribution >= 4 is 17.9 Å². The molecule has 2 amide bonds. The summed E-state index contributed by atoms with van der Waals surface area (Å²) in [6.45, 7) is 2.99. The molecule has 0 atom stereocenters. The summed E-state index contributed by atoms with van der Waals surface area (Å²) in [5.41, 5.74) is 4.90. The van der Waals surface area contributed by atoms with Crippen LogP contribution in [0.5, 0.6) is 17.2 Å². The van der Waals surface area contributed by atoms with E-state index >= 15 is 0 Å². The van der Waals surface area contributed by atoms with Crippen LogP contribution in [0.25, 0.3) is 6.08 Å². The van der Waals surface area contributed by atoms with Gasteiger partial charge in [0.15, 0.2) is 11.5 Å². The van der Waals surface area contributed by atoms with E-state index in [1.165, 1.54) is 24.3 Å². The molecule has 0 aliphatic heterocycles. The molecule has 0 spiro atoms. The predicted molar refractivity (Wildman–Crippen MR) is 126 cm³/mol. The molecule has 0 saturated carbocycles. The lowest BCUT2D eigenvalue weighted by atomic mass is 10.2. The van der Waals surface area contributed by atoms with E-state index in [-0.39, 0.29) is 5.56 Å². The van der Waals surface area contributed by atoms with Crippen molar-refractivity contribution in [1.82, 2.24) is 10.9 Å². The first-order chi connectivity index (χ1) is 16.6. The molecule has 0 fully saturated rings. The van der Waals surface area contributed by atoms with Gasteiger partial charge in [-0.1, -0.05) is 36.4 Å². The Bertz CT molecular complexity index is 1140. The minimum Gasteiger partial charge on any atom is -0.490 e. The second-order valence-corrected chi connectivity index (χ2v) is 6.91. The maximum atomic E-state index is 13.6. The first-order valence-electron chi connectivity index (χ1n) is 10.7. The molecule has 176 valence electrons. The summed E-state index contributed by atoms with van der Waals surface area (Å²) < 4.78 is 30.7. The van der Waals surface area contributed by atoms with Crippen LogP contribution in [-0.2, 0) is 4.79 Å². The zero-order valence-electron chi connectivity index (χ0n) is 18.6. The zero-order chi connectivity index (χ0) is 24.2. The minimum absolute atomic E-state index is 0.169. The highest BCUT2D eigenvalue weighted by Gasteiger charge is 2.11. The van der Waals surface area contributed by atoms with Gasteiger partial charge in [-0.15, -0.1) is 0 Å². The van der Waals surface area contributed by atoms with Gasteiger partial charge in [-0.05, 0) is 55.0 Å². The van der Waals surface area contributed by atoms with E-state index in [0.29, 0.717) is 36.9 Å². The number of para-hydroxylation sites is 1. The number of hydrogen-bond acceptors (Lipinski definition) is 5. The summed E-state index contributed by atoms with van der Waals surface area (Å²) in [6.07, 6.45) is 2.79. The molecule has 0 aliphatic rings. The van der Waals surface area contributed by atoms with Gasteiger partial charge in [0.2, 0.25) is 0 Å². The van der Waals surface area contributed by atoms with Crippen molar-refractivity contribution in [2.75, 3.05) is 19.8 Å². The molecule has 0 unspecified atom stereocenters. The van der Waals surface area contributed by atoms with Gasteiger partial charge in [-0.25, -0.2) is 4.39 Å². The third kappa shape index (κ3) is 7.37. The van der Waals surface area contributed by atoms with Gasteiger partial charge in [-0.2, -0.15) is 0 Å². The van der Waals surface area contributed by atoms with E-state index in [0.717, 1.165) is 11.8 Å². The Morgan fingerprint density at radius 2 is 1.59 bits per heavy atom. The number of hydrogen-bond donors (Lipinski definition) is 2. The fourth-order valence-electron chi connectivity index (χ4n) is 2.89. The Kier molecular flexibility index (Phi) is 9.04. The predicted octanol–water partition coefficient (Wildman–Crippen LogP) is 4.16. The zero-order valence-corrected chi connectivity index (χ0v) is 18.6. The number of carbonyl (C=O) groups excluding carboxylic acids is 2. The van der Waals surface area contributed by atoms with Crippen LogP contribution < -0.4 is 25.1 Å². The first kappa shape index (κ1) is 24.3. The van der Waals surface area contributed by atoms with Crippen LogP contribution in [0.15, 0.2) is 78.9 Å². The highest BCUT2D eigenvalue weighted by atomic mass is 19.1. The second kappa shape index (κ2) is 12.6. The third-order valence-corrected chi connectivity index (χ3v) is 4.47. The lowest BCUT2D eigenvalue weighted by molar-refractivity contribution is -0.117. The van der Waals surface area contributed by atoms with Crippen molar-refractivity contribution in [1.29, 1.82) is 0 Å². The van der Waals surface area contributed by atoms with Crippen molar-refractivity contribution in [2.45, 2.75) is 6.92 Å². The van der Waals surface area contributed by atoms with E-state index in [9.17, 15) is 14.0 Å². The smallest absolute Gasteiger partial charge is 0.272 e. The van der Waals surface area contributed by atoms with Crippen LogP contribution >= 0.6 is 0 Å². The van der Waals surface area contributed by atoms with Gasteiger partial charge in [-0.3, -0.25) is 20.4 Å². The van der Waals surface area contributed by atoms with Gasteiger partial charge in [0.05, 0.1) is 12.2 Å². The Balaban J connectivity index is 1.52. The molecular formula is C26H25FN2O5. The van der Waals surface area contributed by atoms with Crippen molar-refractivity contribution in [3.05, 3.63) is 95.8 Å². The standard InChI is InChI=1S/C26H25FN2O5/c1-2-32-24-18-19(12-14-23(24)34-17-16-33-20-8-4-3-5-9-20)13-15-25(30)28-29-26(31)21-10-6-7-11-22(21)27/h3-15,18H,2,16-17H2,1H3,(H,28,30)(H,29,31)/b15-13+. The van der Waals surface area contributed by atoms with E-state index in [1.54, 1.807) is 24.3 Å².